The number of aldehydes is 1. The van der Waals surface area contributed by atoms with Crippen LogP contribution in [0.25, 0.3) is 26.8 Å². The molecule has 0 radical (unpaired) electrons. The number of benzene rings is 8. The maximum Gasteiger partial charge on any atom is 1.00 e. The van der Waals surface area contributed by atoms with Crippen molar-refractivity contribution in [3.05, 3.63) is 479 Å². The molecule has 4 atom stereocenters. The van der Waals surface area contributed by atoms with Crippen molar-refractivity contribution in [1.29, 1.82) is 5.26 Å². The maximum absolute atomic E-state index is 13.3. The zero-order valence-electron chi connectivity index (χ0n) is 75.5. The molecule has 0 bridgehead atoms. The number of hydrogen-bond donors (Lipinski definition) is 7. The fourth-order valence-corrected chi connectivity index (χ4v) is 13.0. The van der Waals surface area contributed by atoms with Gasteiger partial charge in [-0.15, -0.1) is 0 Å². The quantitative estimate of drug-likeness (QED) is 0.00595. The number of amides is 2. The van der Waals surface area contributed by atoms with E-state index < -0.39 is 34.1 Å². The Hall–Kier alpha value is -16.8. The molecule has 8 N–H and O–H groups in total. The van der Waals surface area contributed by atoms with E-state index in [0.29, 0.717) is 132 Å². The number of nitrogen functional groups attached to an aromatic ring is 1. The second-order valence-electron chi connectivity index (χ2n) is 30.0. The molecule has 2 amide bonds. The Kier molecular flexibility index (Phi) is 40.9. The molecule has 0 saturated heterocycles. The minimum Gasteiger partial charge on any atom is -0.477 e. The fraction of sp³-hybridized carbons (Fsp3) is 0.135. The largest absolute Gasteiger partial charge is 1.00 e. The van der Waals surface area contributed by atoms with Crippen LogP contribution in [0.1, 0.15) is 167 Å². The number of ether oxygens (including phenoxy) is 1. The molecule has 1 aliphatic carbocycles. The van der Waals surface area contributed by atoms with Crippen molar-refractivity contribution in [3.63, 3.8) is 0 Å². The number of pyridine rings is 5. The number of carboxylic acid groups (broad SMARTS) is 1. The number of carbonyl (C=O) groups excluding carboxylic acids is 3. The maximum atomic E-state index is 13.3. The average Bonchev–Trinajstić information content (AvgIpc) is 1.64. The Bertz CT molecular complexity index is 6860. The topological polar surface area (TPSA) is 445 Å². The summed E-state index contributed by atoms with van der Waals surface area (Å²) in [4.78, 5) is 94.9. The van der Waals surface area contributed by atoms with E-state index in [1.807, 2.05) is 110 Å². The van der Waals surface area contributed by atoms with E-state index in [1.54, 1.807) is 213 Å². The van der Waals surface area contributed by atoms with Crippen LogP contribution in [0.3, 0.4) is 0 Å². The van der Waals surface area contributed by atoms with Gasteiger partial charge in [-0.25, -0.2) is 33.5 Å². The molecule has 32 nitrogen and oxygen atoms in total. The summed E-state index contributed by atoms with van der Waals surface area (Å²) in [6.45, 7) is 26.2. The van der Waals surface area contributed by atoms with Gasteiger partial charge in [0.1, 0.15) is 46.7 Å². The SMILES string of the molecule is Brc1ccccn1.Cc1cc(C(=O)O)n(-c2cccc(C#N)c2)n1.Nc1cccc(C(O)c2ccccn2)c1.O=Cc1cccc([N+](=O)[O-])c1.O=[N+]([O-])c1cccc(C(O)c2ccccn2)c1.[C-]#[N+]c1cccc(-n2nc(C)cc2C(=O)Nc2cccc(C(O)c3ccccn3)c2)c1.[C-]#[N+]c1cccc(-n2nc(C)cc2C(=O)Nc2cccc(C(OCC3CC3)c3ccccn3)c2)c1.[CH2-]CCC.[Li+]. The third kappa shape index (κ3) is 32.0. The number of nitro groups is 2. The van der Waals surface area contributed by atoms with Crippen molar-refractivity contribution >= 4 is 79.8 Å². The zero-order valence-corrected chi connectivity index (χ0v) is 77.1. The standard InChI is InChI=1S/C28H25N5O2.C24H19N5O2.C12H9N3O2.C12H10N2O3.C12H12N2O.C7H5NO3.C5H4BrN.C4H9.Li/c1-19-15-26(33(32-19)24-10-6-8-22(17-24)29-2)28(34)31-23-9-5-7-21(16-23)27(35-18-20-12-13-20)25-11-3-4-14-30-25;1-16-13-22(29(28-16)20-10-6-8-18(15-20)25-2)24(31)27-19-9-5-7-17(14-19)23(30)21-11-3-4-12-26-21;1-8-5-11(12(16)17)15(14-8)10-4-2-3-9(6-10)7-13;15-12(11-6-1-2-7-13-11)9-4-3-5-10(8-9)14(16)17;13-10-5-3-4-9(8-10)12(15)11-6-1-2-7-14-11;9-5-6-2-1-3-7(4-6)8(10)11;6-5-3-1-2-4-7-5;1-3-4-2;/h3-11,14-17,20,27H,12-13,18H2,1H3,(H,31,34);3-15,23,30H,1H3,(H,27,31);2-6H,1H3,(H,16,17);1-8,12,15H;1-8,12,15H,13H2;1-5H;1-4H;1,3-4H2,2H3;/q;;;;;;;-1;+1. The number of hydrogen-bond acceptors (Lipinski definition) is 22. The number of aliphatic hydroxyl groups excluding tert-OH is 3. The first-order valence-electron chi connectivity index (χ1n) is 42.4. The van der Waals surface area contributed by atoms with E-state index >= 15 is 0 Å². The van der Waals surface area contributed by atoms with E-state index in [4.69, 9.17) is 34.0 Å². The van der Waals surface area contributed by atoms with Crippen molar-refractivity contribution in [2.75, 3.05) is 23.0 Å². The molecule has 34 heteroatoms. The summed E-state index contributed by atoms with van der Waals surface area (Å²) in [5.41, 5.74) is 19.0. The molecular weight excluding hydrogens is 1810 g/mol. The van der Waals surface area contributed by atoms with Crippen LogP contribution >= 0.6 is 15.9 Å². The van der Waals surface area contributed by atoms with E-state index in [0.717, 1.165) is 27.8 Å². The summed E-state index contributed by atoms with van der Waals surface area (Å²) in [5.74, 6) is -1.07. The number of nitrogens with zero attached hydrogens (tertiary/aromatic N) is 16. The molecule has 8 aromatic carbocycles. The Labute approximate surface area is 816 Å². The Morgan fingerprint density at radius 2 is 0.913 bits per heavy atom. The molecule has 8 heterocycles. The Morgan fingerprint density at radius 3 is 1.32 bits per heavy atom. The van der Waals surface area contributed by atoms with Crippen LogP contribution in [0.2, 0.25) is 0 Å². The van der Waals surface area contributed by atoms with E-state index in [2.05, 4.69) is 90.3 Å². The van der Waals surface area contributed by atoms with Gasteiger partial charge in [-0.2, -0.15) is 27.0 Å². The number of unbranched alkanes of at least 4 members (excludes halogenated alkanes) is 1. The number of non-ortho nitro benzene ring substituents is 2. The number of nitro benzene ring substituents is 2. The Balaban J connectivity index is 0.000000188. The number of aliphatic hydroxyl groups is 3. The number of carbonyl (C=O) groups is 4. The molecule has 1 fully saturated rings. The van der Waals surface area contributed by atoms with Gasteiger partial charge in [0.2, 0.25) is 0 Å². The molecule has 17 rings (SSSR count). The Morgan fingerprint density at radius 1 is 0.522 bits per heavy atom. The van der Waals surface area contributed by atoms with Crippen molar-refractivity contribution in [1.82, 2.24) is 54.3 Å². The number of nitrogens with two attached hydrogens (primary N) is 1. The van der Waals surface area contributed by atoms with Gasteiger partial charge in [-0.1, -0.05) is 135 Å². The summed E-state index contributed by atoms with van der Waals surface area (Å²) < 4.78 is 11.6. The van der Waals surface area contributed by atoms with Gasteiger partial charge in [0, 0.05) is 77.9 Å². The summed E-state index contributed by atoms with van der Waals surface area (Å²) in [6.07, 6.45) is 10.7. The summed E-state index contributed by atoms with van der Waals surface area (Å²) >= 11 is 3.20. The van der Waals surface area contributed by atoms with Gasteiger partial charge in [0.25, 0.3) is 23.2 Å². The third-order valence-electron chi connectivity index (χ3n) is 19.6. The molecule has 0 aliphatic heterocycles. The number of nitriles is 1. The molecule has 690 valence electrons. The smallest absolute Gasteiger partial charge is 0.477 e. The van der Waals surface area contributed by atoms with Crippen molar-refractivity contribution in [2.24, 2.45) is 5.92 Å². The number of nitrogens with one attached hydrogen (secondary N) is 2. The van der Waals surface area contributed by atoms with Gasteiger partial charge in [0.05, 0.1) is 98.2 Å². The molecular formula is C104H93BrLiN19O13. The fourth-order valence-electron chi connectivity index (χ4n) is 12.7. The van der Waals surface area contributed by atoms with Crippen LogP contribution in [-0.4, -0.2) is 115 Å². The van der Waals surface area contributed by atoms with Crippen LogP contribution in [0.4, 0.5) is 39.8 Å². The predicted molar refractivity (Wildman–Crippen MR) is 522 cm³/mol. The van der Waals surface area contributed by atoms with Crippen molar-refractivity contribution < 1.29 is 73.0 Å². The second-order valence-corrected chi connectivity index (χ2v) is 30.8. The third-order valence-corrected chi connectivity index (χ3v) is 20.1. The monoisotopic (exact) mass is 1900 g/mol. The number of carboxylic acids is 1. The molecule has 138 heavy (non-hydrogen) atoms. The van der Waals surface area contributed by atoms with Gasteiger partial charge in [-0.05, 0) is 235 Å². The minimum absolute atomic E-state index is 0. The molecule has 4 unspecified atom stereocenters. The molecule has 0 spiro atoms. The van der Waals surface area contributed by atoms with Crippen molar-refractivity contribution in [3.8, 4) is 23.1 Å². The number of aromatic carboxylic acids is 1. The summed E-state index contributed by atoms with van der Waals surface area (Å²) in [6, 6.07) is 88.3. The number of rotatable bonds is 23. The second kappa shape index (κ2) is 53.8. The first-order valence-corrected chi connectivity index (χ1v) is 43.2. The molecule has 8 aromatic heterocycles. The van der Waals surface area contributed by atoms with Crippen LogP contribution in [-0.2, 0) is 4.74 Å². The van der Waals surface area contributed by atoms with Gasteiger partial charge in [-0.3, -0.25) is 54.5 Å². The van der Waals surface area contributed by atoms with Crippen LogP contribution in [0, 0.1) is 78.3 Å². The van der Waals surface area contributed by atoms with Crippen molar-refractivity contribution in [2.45, 2.75) is 77.8 Å². The summed E-state index contributed by atoms with van der Waals surface area (Å²) in [7, 11) is 0. The first kappa shape index (κ1) is 105. The van der Waals surface area contributed by atoms with Crippen LogP contribution in [0.5, 0.6) is 0 Å². The van der Waals surface area contributed by atoms with E-state index in [9.17, 15) is 54.7 Å². The van der Waals surface area contributed by atoms with Gasteiger partial charge in [0.15, 0.2) is 17.1 Å². The minimum atomic E-state index is -1.05. The normalized spacial score (nSPS) is 11.5. The van der Waals surface area contributed by atoms with Crippen LogP contribution in [0.15, 0.2) is 339 Å². The zero-order chi connectivity index (χ0) is 98.1. The number of aryl methyl sites for hydroxylation is 3. The number of halogens is 1. The van der Waals surface area contributed by atoms with Crippen LogP contribution < -0.4 is 35.2 Å². The number of aromatic nitrogens is 11. The molecule has 16 aromatic rings. The van der Waals surface area contributed by atoms with Gasteiger partial charge >= 0.3 is 24.8 Å². The number of anilines is 3. The van der Waals surface area contributed by atoms with E-state index in [-0.39, 0.29) is 53.8 Å². The van der Waals surface area contributed by atoms with E-state index in [1.165, 1.54) is 71.1 Å². The van der Waals surface area contributed by atoms with Gasteiger partial charge < -0.3 is 48.5 Å². The summed E-state index contributed by atoms with van der Waals surface area (Å²) in [5, 5.41) is 88.1. The molecule has 1 saturated carbocycles. The predicted octanol–water partition coefficient (Wildman–Crippen LogP) is 17.8. The first-order chi connectivity index (χ1) is 66.3. The average molecular weight is 1900 g/mol. The molecule has 1 aliphatic rings.